The van der Waals surface area contributed by atoms with Gasteiger partial charge in [-0.3, -0.25) is 0 Å². The second-order valence-electron chi connectivity index (χ2n) is 3.55. The highest BCUT2D eigenvalue weighted by atomic mass is 19.1. The third-order valence-corrected chi connectivity index (χ3v) is 2.09. The van der Waals surface area contributed by atoms with Crippen molar-refractivity contribution in [2.45, 2.75) is 13.3 Å². The van der Waals surface area contributed by atoms with Crippen LogP contribution in [0.3, 0.4) is 0 Å². The first kappa shape index (κ1) is 11.8. The van der Waals surface area contributed by atoms with Gasteiger partial charge >= 0.3 is 0 Å². The minimum Gasteiger partial charge on any atom is -0.367 e. The van der Waals surface area contributed by atoms with Crippen LogP contribution in [0.25, 0.3) is 0 Å². The van der Waals surface area contributed by atoms with Gasteiger partial charge in [-0.05, 0) is 18.9 Å². The number of aromatic nitrogens is 1. The van der Waals surface area contributed by atoms with Crippen molar-refractivity contribution in [2.75, 3.05) is 18.4 Å². The summed E-state index contributed by atoms with van der Waals surface area (Å²) in [5, 5.41) is 2.82. The standard InChI is InChI=1S/C10H15F2N3/c1-7(2-3-13)5-14-10-9(12)4-8(11)6-15-10/h4,6-7H,2-3,5,13H2,1H3,(H,14,15). The van der Waals surface area contributed by atoms with Crippen molar-refractivity contribution in [1.82, 2.24) is 4.98 Å². The Labute approximate surface area is 87.7 Å². The Balaban J connectivity index is 2.50. The third-order valence-electron chi connectivity index (χ3n) is 2.09. The van der Waals surface area contributed by atoms with Gasteiger partial charge in [0.1, 0.15) is 5.82 Å². The predicted molar refractivity (Wildman–Crippen MR) is 55.5 cm³/mol. The molecule has 0 saturated carbocycles. The summed E-state index contributed by atoms with van der Waals surface area (Å²) in [6.45, 7) is 3.18. The molecule has 0 saturated heterocycles. The highest BCUT2D eigenvalue weighted by Gasteiger charge is 2.06. The maximum atomic E-state index is 13.1. The van der Waals surface area contributed by atoms with Crippen molar-refractivity contribution in [3.05, 3.63) is 23.9 Å². The summed E-state index contributed by atoms with van der Waals surface area (Å²) in [6, 6.07) is 0.808. The van der Waals surface area contributed by atoms with E-state index in [1.54, 1.807) is 0 Å². The number of pyridine rings is 1. The van der Waals surface area contributed by atoms with Gasteiger partial charge in [-0.15, -0.1) is 0 Å². The lowest BCUT2D eigenvalue weighted by Crippen LogP contribution is -2.16. The molecule has 1 unspecified atom stereocenters. The molecule has 3 nitrogen and oxygen atoms in total. The van der Waals surface area contributed by atoms with Crippen molar-refractivity contribution >= 4 is 5.82 Å². The molecular formula is C10H15F2N3. The van der Waals surface area contributed by atoms with E-state index >= 15 is 0 Å². The van der Waals surface area contributed by atoms with Crippen LogP contribution in [0.15, 0.2) is 12.3 Å². The number of nitrogens with two attached hydrogens (primary N) is 1. The zero-order chi connectivity index (χ0) is 11.3. The van der Waals surface area contributed by atoms with Gasteiger partial charge in [0.15, 0.2) is 11.6 Å². The number of anilines is 1. The summed E-state index contributed by atoms with van der Waals surface area (Å²) in [5.41, 5.74) is 5.38. The molecule has 0 radical (unpaired) electrons. The van der Waals surface area contributed by atoms with Gasteiger partial charge in [0.2, 0.25) is 0 Å². The fourth-order valence-corrected chi connectivity index (χ4v) is 1.20. The van der Waals surface area contributed by atoms with Crippen molar-refractivity contribution in [1.29, 1.82) is 0 Å². The first-order chi connectivity index (χ1) is 7.13. The molecule has 1 atom stereocenters. The largest absolute Gasteiger partial charge is 0.367 e. The molecule has 0 bridgehead atoms. The van der Waals surface area contributed by atoms with Crippen LogP contribution in [-0.2, 0) is 0 Å². The van der Waals surface area contributed by atoms with Crippen LogP contribution in [0.5, 0.6) is 0 Å². The topological polar surface area (TPSA) is 50.9 Å². The van der Waals surface area contributed by atoms with E-state index in [2.05, 4.69) is 10.3 Å². The van der Waals surface area contributed by atoms with Gasteiger partial charge in [-0.25, -0.2) is 13.8 Å². The zero-order valence-electron chi connectivity index (χ0n) is 8.63. The zero-order valence-corrected chi connectivity index (χ0v) is 8.63. The minimum atomic E-state index is -0.673. The molecule has 0 spiro atoms. The van der Waals surface area contributed by atoms with Gasteiger partial charge in [0.05, 0.1) is 6.20 Å². The highest BCUT2D eigenvalue weighted by molar-refractivity contribution is 5.35. The van der Waals surface area contributed by atoms with Gasteiger partial charge in [-0.1, -0.05) is 6.92 Å². The number of nitrogens with zero attached hydrogens (tertiary/aromatic N) is 1. The Morgan fingerprint density at radius 1 is 1.53 bits per heavy atom. The second kappa shape index (κ2) is 5.60. The monoisotopic (exact) mass is 215 g/mol. The maximum absolute atomic E-state index is 13.1. The van der Waals surface area contributed by atoms with E-state index < -0.39 is 11.6 Å². The lowest BCUT2D eigenvalue weighted by molar-refractivity contribution is 0.554. The van der Waals surface area contributed by atoms with Crippen molar-refractivity contribution in [2.24, 2.45) is 11.7 Å². The van der Waals surface area contributed by atoms with E-state index in [9.17, 15) is 8.78 Å². The average molecular weight is 215 g/mol. The number of nitrogens with one attached hydrogen (secondary N) is 1. The van der Waals surface area contributed by atoms with E-state index in [1.807, 2.05) is 6.92 Å². The number of hydrogen-bond acceptors (Lipinski definition) is 3. The summed E-state index contributed by atoms with van der Waals surface area (Å²) < 4.78 is 25.6. The van der Waals surface area contributed by atoms with Gasteiger partial charge < -0.3 is 11.1 Å². The molecule has 0 aromatic carbocycles. The Morgan fingerprint density at radius 3 is 2.87 bits per heavy atom. The SMILES string of the molecule is CC(CCN)CNc1ncc(F)cc1F. The lowest BCUT2D eigenvalue weighted by atomic mass is 10.1. The normalized spacial score (nSPS) is 12.5. The molecule has 0 amide bonds. The molecule has 1 aromatic rings. The van der Waals surface area contributed by atoms with E-state index in [1.165, 1.54) is 0 Å². The summed E-state index contributed by atoms with van der Waals surface area (Å²) in [7, 11) is 0. The molecule has 1 rings (SSSR count). The molecule has 0 aliphatic rings. The summed E-state index contributed by atoms with van der Waals surface area (Å²) in [4.78, 5) is 3.62. The molecule has 15 heavy (non-hydrogen) atoms. The lowest BCUT2D eigenvalue weighted by Gasteiger charge is -2.12. The number of halogens is 2. The van der Waals surface area contributed by atoms with E-state index in [0.29, 0.717) is 19.0 Å². The van der Waals surface area contributed by atoms with Crippen LogP contribution in [0.4, 0.5) is 14.6 Å². The Kier molecular flexibility index (Phi) is 4.42. The Bertz CT molecular complexity index is 318. The fourth-order valence-electron chi connectivity index (χ4n) is 1.20. The Hall–Kier alpha value is -1.23. The van der Waals surface area contributed by atoms with Gasteiger partial charge in [-0.2, -0.15) is 0 Å². The first-order valence-electron chi connectivity index (χ1n) is 4.88. The van der Waals surface area contributed by atoms with E-state index in [-0.39, 0.29) is 5.82 Å². The summed E-state index contributed by atoms with van der Waals surface area (Å²) in [5.74, 6) is -0.926. The van der Waals surface area contributed by atoms with Crippen molar-refractivity contribution < 1.29 is 8.78 Å². The predicted octanol–water partition coefficient (Wildman–Crippen LogP) is 1.76. The van der Waals surface area contributed by atoms with E-state index in [4.69, 9.17) is 5.73 Å². The van der Waals surface area contributed by atoms with Crippen LogP contribution < -0.4 is 11.1 Å². The molecule has 1 heterocycles. The molecule has 1 aromatic heterocycles. The summed E-state index contributed by atoms with van der Waals surface area (Å²) in [6.07, 6.45) is 1.84. The molecule has 84 valence electrons. The molecular weight excluding hydrogens is 200 g/mol. The first-order valence-corrected chi connectivity index (χ1v) is 4.88. The van der Waals surface area contributed by atoms with Gasteiger partial charge in [0, 0.05) is 12.6 Å². The van der Waals surface area contributed by atoms with Gasteiger partial charge in [0.25, 0.3) is 0 Å². The quantitative estimate of drug-likeness (QED) is 0.786. The maximum Gasteiger partial charge on any atom is 0.168 e. The molecule has 0 fully saturated rings. The average Bonchev–Trinajstić information content (AvgIpc) is 2.17. The molecule has 0 aliphatic heterocycles. The fraction of sp³-hybridized carbons (Fsp3) is 0.500. The number of rotatable bonds is 5. The van der Waals surface area contributed by atoms with Crippen LogP contribution in [0.2, 0.25) is 0 Å². The smallest absolute Gasteiger partial charge is 0.168 e. The van der Waals surface area contributed by atoms with Crippen LogP contribution in [0.1, 0.15) is 13.3 Å². The molecule has 0 aliphatic carbocycles. The highest BCUT2D eigenvalue weighted by Crippen LogP contribution is 2.12. The van der Waals surface area contributed by atoms with Crippen molar-refractivity contribution in [3.8, 4) is 0 Å². The Morgan fingerprint density at radius 2 is 2.27 bits per heavy atom. The van der Waals surface area contributed by atoms with Crippen LogP contribution in [0, 0.1) is 17.6 Å². The van der Waals surface area contributed by atoms with Crippen LogP contribution >= 0.6 is 0 Å². The molecule has 3 N–H and O–H groups in total. The molecule has 5 heteroatoms. The van der Waals surface area contributed by atoms with Crippen molar-refractivity contribution in [3.63, 3.8) is 0 Å². The van der Waals surface area contributed by atoms with E-state index in [0.717, 1.165) is 18.7 Å². The minimum absolute atomic E-state index is 0.0836. The third kappa shape index (κ3) is 3.79. The second-order valence-corrected chi connectivity index (χ2v) is 3.55. The summed E-state index contributed by atoms with van der Waals surface area (Å²) >= 11 is 0. The van der Waals surface area contributed by atoms with Crippen LogP contribution in [-0.4, -0.2) is 18.1 Å². The number of hydrogen-bond donors (Lipinski definition) is 2.